The highest BCUT2D eigenvalue weighted by molar-refractivity contribution is 6.09. The van der Waals surface area contributed by atoms with Crippen LogP contribution in [-0.2, 0) is 0 Å². The number of nitrogens with two attached hydrogens (primary N) is 1. The van der Waals surface area contributed by atoms with Crippen molar-refractivity contribution in [3.63, 3.8) is 0 Å². The Labute approximate surface area is 123 Å². The Morgan fingerprint density at radius 2 is 1.76 bits per heavy atom. The molecule has 2 rings (SSSR count). The molecule has 0 aliphatic rings. The molecule has 0 fully saturated rings. The molecule has 2 aromatic carbocycles. The fraction of sp³-hybridized carbons (Fsp3) is 0.125. The Balaban J connectivity index is 2.26. The molecule has 2 aromatic rings. The van der Waals surface area contributed by atoms with Crippen LogP contribution in [0.2, 0.25) is 0 Å². The Kier molecular flexibility index (Phi) is 4.23. The zero-order chi connectivity index (χ0) is 15.4. The van der Waals surface area contributed by atoms with Gasteiger partial charge in [-0.05, 0) is 30.3 Å². The fourth-order valence-corrected chi connectivity index (χ4v) is 1.93. The van der Waals surface area contributed by atoms with Gasteiger partial charge in [0.1, 0.15) is 0 Å². The highest BCUT2D eigenvalue weighted by atomic mass is 16.2. The van der Waals surface area contributed by atoms with Crippen molar-refractivity contribution in [1.29, 1.82) is 0 Å². The van der Waals surface area contributed by atoms with E-state index in [0.29, 0.717) is 11.3 Å². The number of anilines is 2. The second-order valence-electron chi connectivity index (χ2n) is 4.81. The number of rotatable bonds is 4. The molecular formula is C16H17N3O2. The van der Waals surface area contributed by atoms with Crippen molar-refractivity contribution in [3.05, 3.63) is 59.7 Å². The molecule has 0 atom stereocenters. The van der Waals surface area contributed by atoms with Crippen LogP contribution in [0.1, 0.15) is 20.7 Å². The van der Waals surface area contributed by atoms with Crippen molar-refractivity contribution in [2.75, 3.05) is 24.3 Å². The molecule has 5 heteroatoms. The second-order valence-corrected chi connectivity index (χ2v) is 4.81. The van der Waals surface area contributed by atoms with Gasteiger partial charge in [0, 0.05) is 25.3 Å². The monoisotopic (exact) mass is 283 g/mol. The van der Waals surface area contributed by atoms with E-state index < -0.39 is 5.91 Å². The Hall–Kier alpha value is -2.82. The SMILES string of the molecule is CN(C)c1cccc(C(=O)Nc2ccccc2C(N)=O)c1. The van der Waals surface area contributed by atoms with Crippen molar-refractivity contribution in [2.24, 2.45) is 5.73 Å². The van der Waals surface area contributed by atoms with E-state index in [2.05, 4.69) is 5.32 Å². The summed E-state index contributed by atoms with van der Waals surface area (Å²) in [7, 11) is 3.80. The third-order valence-corrected chi connectivity index (χ3v) is 3.07. The Bertz CT molecular complexity index is 681. The van der Waals surface area contributed by atoms with Crippen molar-refractivity contribution in [2.45, 2.75) is 0 Å². The quantitative estimate of drug-likeness (QED) is 0.902. The van der Waals surface area contributed by atoms with Crippen LogP contribution in [0.3, 0.4) is 0 Å². The van der Waals surface area contributed by atoms with Crippen LogP contribution in [0.15, 0.2) is 48.5 Å². The highest BCUT2D eigenvalue weighted by Crippen LogP contribution is 2.18. The first-order valence-electron chi connectivity index (χ1n) is 6.46. The van der Waals surface area contributed by atoms with Crippen molar-refractivity contribution >= 4 is 23.2 Å². The molecule has 0 radical (unpaired) electrons. The lowest BCUT2D eigenvalue weighted by atomic mass is 10.1. The standard InChI is InChI=1S/C16H17N3O2/c1-19(2)12-7-5-6-11(10-12)16(21)18-14-9-4-3-8-13(14)15(17)20/h3-10H,1-2H3,(H2,17,20)(H,18,21). The molecule has 0 saturated heterocycles. The number of carbonyl (C=O) groups is 2. The van der Waals surface area contributed by atoms with Crippen LogP contribution in [-0.4, -0.2) is 25.9 Å². The molecule has 3 N–H and O–H groups in total. The number of primary amides is 1. The van der Waals surface area contributed by atoms with Crippen LogP contribution >= 0.6 is 0 Å². The molecule has 0 aliphatic heterocycles. The van der Waals surface area contributed by atoms with Gasteiger partial charge in [0.15, 0.2) is 0 Å². The average molecular weight is 283 g/mol. The van der Waals surface area contributed by atoms with Gasteiger partial charge in [0.2, 0.25) is 0 Å². The summed E-state index contributed by atoms with van der Waals surface area (Å²) in [4.78, 5) is 25.5. The molecule has 0 unspecified atom stereocenters. The van der Waals surface area contributed by atoms with E-state index in [1.165, 1.54) is 0 Å². The van der Waals surface area contributed by atoms with Crippen molar-refractivity contribution < 1.29 is 9.59 Å². The maximum atomic E-state index is 12.3. The van der Waals surface area contributed by atoms with E-state index in [4.69, 9.17) is 5.73 Å². The molecule has 108 valence electrons. The second kappa shape index (κ2) is 6.09. The van der Waals surface area contributed by atoms with E-state index in [1.54, 1.807) is 36.4 Å². The lowest BCUT2D eigenvalue weighted by molar-refractivity contribution is 0.100. The predicted octanol–water partition coefficient (Wildman–Crippen LogP) is 2.10. The minimum absolute atomic E-state index is 0.285. The van der Waals surface area contributed by atoms with Gasteiger partial charge in [-0.15, -0.1) is 0 Å². The molecule has 0 spiro atoms. The molecule has 21 heavy (non-hydrogen) atoms. The fourth-order valence-electron chi connectivity index (χ4n) is 1.93. The van der Waals surface area contributed by atoms with Gasteiger partial charge in [0.05, 0.1) is 11.3 Å². The predicted molar refractivity (Wildman–Crippen MR) is 83.7 cm³/mol. The summed E-state index contributed by atoms with van der Waals surface area (Å²) in [5.41, 5.74) is 7.43. The summed E-state index contributed by atoms with van der Waals surface area (Å²) < 4.78 is 0. The normalized spacial score (nSPS) is 10.0. The van der Waals surface area contributed by atoms with E-state index in [-0.39, 0.29) is 11.5 Å². The topological polar surface area (TPSA) is 75.4 Å². The average Bonchev–Trinajstić information content (AvgIpc) is 2.47. The van der Waals surface area contributed by atoms with Crippen LogP contribution in [0, 0.1) is 0 Å². The third kappa shape index (κ3) is 3.39. The molecule has 5 nitrogen and oxygen atoms in total. The first-order valence-corrected chi connectivity index (χ1v) is 6.46. The zero-order valence-electron chi connectivity index (χ0n) is 12.0. The highest BCUT2D eigenvalue weighted by Gasteiger charge is 2.12. The van der Waals surface area contributed by atoms with Gasteiger partial charge in [-0.3, -0.25) is 9.59 Å². The summed E-state index contributed by atoms with van der Waals surface area (Å²) in [6.45, 7) is 0. The number of hydrogen-bond donors (Lipinski definition) is 2. The summed E-state index contributed by atoms with van der Waals surface area (Å²) in [5, 5.41) is 2.72. The first kappa shape index (κ1) is 14.6. The molecule has 2 amide bonds. The summed E-state index contributed by atoms with van der Waals surface area (Å²) in [5.74, 6) is -0.861. The number of para-hydroxylation sites is 1. The van der Waals surface area contributed by atoms with Crippen LogP contribution < -0.4 is 16.0 Å². The number of nitrogens with one attached hydrogen (secondary N) is 1. The number of hydrogen-bond acceptors (Lipinski definition) is 3. The first-order chi connectivity index (χ1) is 9.99. The maximum Gasteiger partial charge on any atom is 0.255 e. The summed E-state index contributed by atoms with van der Waals surface area (Å²) in [6.07, 6.45) is 0. The van der Waals surface area contributed by atoms with Gasteiger partial charge in [0.25, 0.3) is 11.8 Å². The molecule has 0 aliphatic carbocycles. The van der Waals surface area contributed by atoms with Gasteiger partial charge in [-0.2, -0.15) is 0 Å². The molecule has 0 heterocycles. The minimum Gasteiger partial charge on any atom is -0.378 e. The lowest BCUT2D eigenvalue weighted by Gasteiger charge is -2.14. The number of benzene rings is 2. The van der Waals surface area contributed by atoms with E-state index in [0.717, 1.165) is 5.69 Å². The summed E-state index contributed by atoms with van der Waals surface area (Å²) in [6, 6.07) is 13.9. The van der Waals surface area contributed by atoms with Gasteiger partial charge < -0.3 is 16.0 Å². The van der Waals surface area contributed by atoms with Gasteiger partial charge in [-0.1, -0.05) is 18.2 Å². The van der Waals surface area contributed by atoms with Gasteiger partial charge >= 0.3 is 0 Å². The number of amides is 2. The Morgan fingerprint density at radius 1 is 1.05 bits per heavy atom. The zero-order valence-corrected chi connectivity index (χ0v) is 12.0. The third-order valence-electron chi connectivity index (χ3n) is 3.07. The van der Waals surface area contributed by atoms with Crippen LogP contribution in [0.25, 0.3) is 0 Å². The molecule has 0 saturated carbocycles. The minimum atomic E-state index is -0.576. The van der Waals surface area contributed by atoms with E-state index in [9.17, 15) is 9.59 Å². The lowest BCUT2D eigenvalue weighted by Crippen LogP contribution is -2.18. The van der Waals surface area contributed by atoms with Crippen LogP contribution in [0.5, 0.6) is 0 Å². The van der Waals surface area contributed by atoms with E-state index >= 15 is 0 Å². The Morgan fingerprint density at radius 3 is 2.43 bits per heavy atom. The van der Waals surface area contributed by atoms with E-state index in [1.807, 2.05) is 31.1 Å². The molecule has 0 aromatic heterocycles. The summed E-state index contributed by atoms with van der Waals surface area (Å²) >= 11 is 0. The number of carbonyl (C=O) groups excluding carboxylic acids is 2. The van der Waals surface area contributed by atoms with Crippen molar-refractivity contribution in [1.82, 2.24) is 0 Å². The molecular weight excluding hydrogens is 266 g/mol. The van der Waals surface area contributed by atoms with Crippen molar-refractivity contribution in [3.8, 4) is 0 Å². The number of nitrogens with zero attached hydrogens (tertiary/aromatic N) is 1. The smallest absolute Gasteiger partial charge is 0.255 e. The van der Waals surface area contributed by atoms with Crippen LogP contribution in [0.4, 0.5) is 11.4 Å². The molecule has 0 bridgehead atoms. The van der Waals surface area contributed by atoms with Gasteiger partial charge in [-0.25, -0.2) is 0 Å². The maximum absolute atomic E-state index is 12.3. The largest absolute Gasteiger partial charge is 0.378 e.